The zero-order valence-corrected chi connectivity index (χ0v) is 29.8. The minimum Gasteiger partial charge on any atom is -0.490 e. The molecule has 2 amide bonds. The molecule has 3 aromatic rings. The molecule has 5 rings (SSSR count). The number of likely N-dealkylation sites (tertiary alicyclic amines) is 1. The van der Waals surface area contributed by atoms with Crippen molar-refractivity contribution in [3.8, 4) is 5.75 Å². The molecule has 1 fully saturated rings. The van der Waals surface area contributed by atoms with Crippen LogP contribution >= 0.6 is 0 Å². The van der Waals surface area contributed by atoms with Gasteiger partial charge >= 0.3 is 6.09 Å². The molecule has 2 unspecified atom stereocenters. The first-order valence-corrected chi connectivity index (χ1v) is 17.5. The number of hydrogen-bond acceptors (Lipinski definition) is 8. The molecular weight excluding hydrogens is 635 g/mol. The van der Waals surface area contributed by atoms with Gasteiger partial charge in [-0.05, 0) is 95.6 Å². The van der Waals surface area contributed by atoms with Crippen LogP contribution in [0.15, 0.2) is 84.0 Å². The van der Waals surface area contributed by atoms with Gasteiger partial charge < -0.3 is 29.5 Å². The van der Waals surface area contributed by atoms with Crippen molar-refractivity contribution in [3.05, 3.63) is 96.0 Å². The Hall–Kier alpha value is -4.90. The number of ether oxygens (including phenoxy) is 2. The number of rotatable bonds is 12. The monoisotopic (exact) mass is 684 g/mol. The van der Waals surface area contributed by atoms with Gasteiger partial charge in [0.2, 0.25) is 18.1 Å². The number of amides is 2. The van der Waals surface area contributed by atoms with Crippen LogP contribution in [0.5, 0.6) is 5.75 Å². The zero-order chi connectivity index (χ0) is 35.6. The average molecular weight is 685 g/mol. The number of nitrogens with zero attached hydrogens (tertiary/aromatic N) is 5. The van der Waals surface area contributed by atoms with E-state index in [-0.39, 0.29) is 24.6 Å². The highest BCUT2D eigenvalue weighted by molar-refractivity contribution is 5.99. The predicted octanol–water partition coefficient (Wildman–Crippen LogP) is 7.32. The molecule has 50 heavy (non-hydrogen) atoms. The Morgan fingerprint density at radius 2 is 1.76 bits per heavy atom. The summed E-state index contributed by atoms with van der Waals surface area (Å²) in [4.78, 5) is 39.1. The van der Waals surface area contributed by atoms with Crippen molar-refractivity contribution >= 4 is 35.0 Å². The minimum absolute atomic E-state index is 0.0351. The molecule has 10 nitrogen and oxygen atoms in total. The summed E-state index contributed by atoms with van der Waals surface area (Å²) in [7, 11) is 2.09. The molecule has 2 heterocycles. The van der Waals surface area contributed by atoms with Crippen LogP contribution in [-0.4, -0.2) is 85.3 Å². The highest BCUT2D eigenvalue weighted by Crippen LogP contribution is 2.33. The first kappa shape index (κ1) is 36.4. The summed E-state index contributed by atoms with van der Waals surface area (Å²) in [6.07, 6.45) is 4.02. The van der Waals surface area contributed by atoms with Gasteiger partial charge in [-0.3, -0.25) is 4.79 Å². The molecular formula is C39H49FN6O4. The number of carbonyl (C=O) groups excluding carboxylic acids is 2. The maximum Gasteiger partial charge on any atom is 0.421 e. The van der Waals surface area contributed by atoms with Gasteiger partial charge in [0.05, 0.1) is 18.0 Å². The summed E-state index contributed by atoms with van der Waals surface area (Å²) in [5.41, 5.74) is 3.64. The van der Waals surface area contributed by atoms with E-state index in [0.29, 0.717) is 42.9 Å². The normalized spacial score (nSPS) is 17.6. The van der Waals surface area contributed by atoms with E-state index < -0.39 is 18.1 Å². The standard InChI is InChI=1S/C39H49FN6O4/c1-6-44(7-2)35(47)21-24-45-36(50-39(48)46(32-16-9-8-10-17-32)37-28(3)13-11-14-29(37)4)20-22-41-38(45)42-31-18-19-34(33(40)25-31)49-27-30-15-12-23-43(5)26-30/h8-11,13-14,16-20,22,25,30,36H,6-7,12,15,21,23-24,26-27H2,1-5H3,(H,41,42). The Bertz CT molecular complexity index is 1660. The summed E-state index contributed by atoms with van der Waals surface area (Å²) in [6.45, 7) is 11.6. The number of aryl methyl sites for hydroxylation is 2. The number of guanidine groups is 1. The number of para-hydroxylation sites is 2. The lowest BCUT2D eigenvalue weighted by atomic mass is 10.00. The minimum atomic E-state index is -0.913. The summed E-state index contributed by atoms with van der Waals surface area (Å²) >= 11 is 0. The van der Waals surface area contributed by atoms with Crippen LogP contribution in [0.4, 0.5) is 26.2 Å². The summed E-state index contributed by atoms with van der Waals surface area (Å²) in [5, 5.41) is 3.20. The number of halogens is 1. The largest absolute Gasteiger partial charge is 0.490 e. The first-order chi connectivity index (χ1) is 24.2. The Labute approximate surface area is 295 Å². The molecule has 2 atom stereocenters. The molecule has 0 aromatic heterocycles. The van der Waals surface area contributed by atoms with E-state index in [1.54, 1.807) is 39.1 Å². The molecule has 2 aliphatic rings. The highest BCUT2D eigenvalue weighted by Gasteiger charge is 2.31. The lowest BCUT2D eigenvalue weighted by Gasteiger charge is -2.36. The maximum atomic E-state index is 15.3. The van der Waals surface area contributed by atoms with Gasteiger partial charge in [0.1, 0.15) is 0 Å². The van der Waals surface area contributed by atoms with Gasteiger partial charge in [-0.1, -0.05) is 36.4 Å². The molecule has 3 aromatic carbocycles. The van der Waals surface area contributed by atoms with Crippen LogP contribution in [0, 0.1) is 25.6 Å². The molecule has 266 valence electrons. The Morgan fingerprint density at radius 1 is 1.02 bits per heavy atom. The number of carbonyl (C=O) groups is 2. The van der Waals surface area contributed by atoms with Gasteiger partial charge in [-0.25, -0.2) is 19.1 Å². The highest BCUT2D eigenvalue weighted by atomic mass is 19.1. The third kappa shape index (κ3) is 9.01. The maximum absolute atomic E-state index is 15.3. The van der Waals surface area contributed by atoms with Crippen LogP contribution in [0.2, 0.25) is 0 Å². The molecule has 1 N–H and O–H groups in total. The molecule has 0 aliphatic carbocycles. The number of hydrogen-bond donors (Lipinski definition) is 1. The fourth-order valence-electron chi connectivity index (χ4n) is 6.54. The fourth-order valence-corrected chi connectivity index (χ4v) is 6.54. The third-order valence-corrected chi connectivity index (χ3v) is 9.18. The zero-order valence-electron chi connectivity index (χ0n) is 29.8. The number of anilines is 3. The lowest BCUT2D eigenvalue weighted by molar-refractivity contribution is -0.131. The van der Waals surface area contributed by atoms with Gasteiger partial charge in [-0.2, -0.15) is 0 Å². The van der Waals surface area contributed by atoms with Gasteiger partial charge in [0, 0.05) is 56.5 Å². The SMILES string of the molecule is CCN(CC)C(=O)CCN1C(Nc2ccc(OCC3CCCN(C)C3)c(F)c2)=NC=CC1OC(=O)N(c1ccccc1)c1c(C)cccc1C. The molecule has 0 radical (unpaired) electrons. The topological polar surface area (TPSA) is 90.0 Å². The average Bonchev–Trinajstić information content (AvgIpc) is 3.10. The van der Waals surface area contributed by atoms with E-state index in [9.17, 15) is 9.59 Å². The first-order valence-electron chi connectivity index (χ1n) is 17.5. The molecule has 2 aliphatic heterocycles. The van der Waals surface area contributed by atoms with Crippen molar-refractivity contribution in [3.63, 3.8) is 0 Å². The Kier molecular flexibility index (Phi) is 12.5. The van der Waals surface area contributed by atoms with Gasteiger partial charge in [0.25, 0.3) is 0 Å². The Balaban J connectivity index is 1.37. The second-order valence-corrected chi connectivity index (χ2v) is 12.8. The van der Waals surface area contributed by atoms with Gasteiger partial charge in [0.15, 0.2) is 11.6 Å². The van der Waals surface area contributed by atoms with Crippen molar-refractivity contribution in [1.82, 2.24) is 14.7 Å². The van der Waals surface area contributed by atoms with Crippen molar-refractivity contribution in [2.45, 2.75) is 53.2 Å². The molecule has 0 spiro atoms. The van der Waals surface area contributed by atoms with Gasteiger partial charge in [-0.15, -0.1) is 0 Å². The molecule has 0 saturated carbocycles. The summed E-state index contributed by atoms with van der Waals surface area (Å²) < 4.78 is 27.4. The van der Waals surface area contributed by atoms with E-state index in [0.717, 1.165) is 42.7 Å². The van der Waals surface area contributed by atoms with E-state index in [2.05, 4.69) is 22.3 Å². The third-order valence-electron chi connectivity index (χ3n) is 9.18. The molecule has 0 bridgehead atoms. The summed E-state index contributed by atoms with van der Waals surface area (Å²) in [6, 6.07) is 19.9. The van der Waals surface area contributed by atoms with E-state index in [1.807, 2.05) is 76.2 Å². The number of nitrogens with one attached hydrogen (secondary N) is 1. The number of aliphatic imine (C=N–C) groups is 1. The van der Waals surface area contributed by atoms with Crippen LogP contribution < -0.4 is 15.0 Å². The second-order valence-electron chi connectivity index (χ2n) is 12.8. The number of piperidine rings is 1. The van der Waals surface area contributed by atoms with E-state index in [1.165, 1.54) is 6.07 Å². The second kappa shape index (κ2) is 17.2. The smallest absolute Gasteiger partial charge is 0.421 e. The molecule has 11 heteroatoms. The van der Waals surface area contributed by atoms with E-state index in [4.69, 9.17) is 9.47 Å². The van der Waals surface area contributed by atoms with Crippen molar-refractivity contribution in [2.24, 2.45) is 10.9 Å². The predicted molar refractivity (Wildman–Crippen MR) is 196 cm³/mol. The van der Waals surface area contributed by atoms with Crippen LogP contribution in [0.3, 0.4) is 0 Å². The van der Waals surface area contributed by atoms with E-state index >= 15 is 4.39 Å². The van der Waals surface area contributed by atoms with Crippen molar-refractivity contribution in [2.75, 3.05) is 56.6 Å². The summed E-state index contributed by atoms with van der Waals surface area (Å²) in [5.74, 6) is 0.329. The Morgan fingerprint density at radius 3 is 2.44 bits per heavy atom. The van der Waals surface area contributed by atoms with Crippen LogP contribution in [0.25, 0.3) is 0 Å². The number of benzene rings is 3. The fraction of sp³-hybridized carbons (Fsp3) is 0.410. The molecule has 1 saturated heterocycles. The lowest BCUT2D eigenvalue weighted by Crippen LogP contribution is -2.49. The van der Waals surface area contributed by atoms with Crippen LogP contribution in [0.1, 0.15) is 44.2 Å². The quantitative estimate of drug-likeness (QED) is 0.214. The van der Waals surface area contributed by atoms with Crippen LogP contribution in [-0.2, 0) is 9.53 Å². The van der Waals surface area contributed by atoms with Crippen molar-refractivity contribution < 1.29 is 23.5 Å². The van der Waals surface area contributed by atoms with Crippen molar-refractivity contribution in [1.29, 1.82) is 0 Å².